The van der Waals surface area contributed by atoms with E-state index in [1.165, 1.54) is 0 Å². The Morgan fingerprint density at radius 1 is 1.17 bits per heavy atom. The molecule has 0 rings (SSSR count). The number of rotatable bonds is 3. The summed E-state index contributed by atoms with van der Waals surface area (Å²) in [7, 11) is 0. The molecule has 0 amide bonds. The Balaban J connectivity index is 0. The Labute approximate surface area is 114 Å². The van der Waals surface area contributed by atoms with Crippen LogP contribution in [0.4, 0.5) is 12.9 Å². The average molecular weight is 208 g/mol. The largest absolute Gasteiger partial charge is 1.00 e. The van der Waals surface area contributed by atoms with Crippen molar-refractivity contribution in [1.82, 2.24) is 0 Å². The van der Waals surface area contributed by atoms with Crippen LogP contribution in [0.15, 0.2) is 0 Å². The summed E-state index contributed by atoms with van der Waals surface area (Å²) in [5, 5.41) is 0. The third-order valence-electron chi connectivity index (χ3n) is 0.980. The van der Waals surface area contributed by atoms with E-state index >= 15 is 0 Å². The zero-order valence-corrected chi connectivity index (χ0v) is 11.2. The van der Waals surface area contributed by atoms with Gasteiger partial charge in [0.2, 0.25) is 0 Å². The summed E-state index contributed by atoms with van der Waals surface area (Å²) in [6.07, 6.45) is -0.808. The molecule has 0 atom stereocenters. The third kappa shape index (κ3) is 14.0. The first-order chi connectivity index (χ1) is 4.71. The van der Waals surface area contributed by atoms with E-state index in [9.17, 15) is 12.9 Å². The summed E-state index contributed by atoms with van der Waals surface area (Å²) in [6.45, 7) is 0.288. The van der Waals surface area contributed by atoms with E-state index in [-0.39, 0.29) is 58.0 Å². The molecule has 0 aliphatic rings. The van der Waals surface area contributed by atoms with Crippen LogP contribution in [-0.4, -0.2) is 19.2 Å². The van der Waals surface area contributed by atoms with E-state index in [0.29, 0.717) is 0 Å². The molecule has 0 aliphatic heterocycles. The predicted molar refractivity (Wildman–Crippen MR) is 39.6 cm³/mol. The molecule has 12 heavy (non-hydrogen) atoms. The number of hydrogen-bond acceptors (Lipinski definition) is 1. The quantitative estimate of drug-likeness (QED) is 0.576. The van der Waals surface area contributed by atoms with Gasteiger partial charge < -0.3 is 17.7 Å². The minimum Gasteiger partial charge on any atom is -0.449 e. The molecule has 0 fully saturated rings. The Morgan fingerprint density at radius 3 is 1.83 bits per heavy atom. The van der Waals surface area contributed by atoms with Crippen molar-refractivity contribution in [3.8, 4) is 0 Å². The van der Waals surface area contributed by atoms with Gasteiger partial charge in [-0.25, -0.2) is 0 Å². The van der Waals surface area contributed by atoms with Gasteiger partial charge in [0, 0.05) is 6.61 Å². The Hall–Kier alpha value is 1.45. The van der Waals surface area contributed by atoms with E-state index in [4.69, 9.17) is 4.74 Å². The summed E-state index contributed by atoms with van der Waals surface area (Å²) in [5.74, 6) is 0. The predicted octanol–water partition coefficient (Wildman–Crippen LogP) is -0.347. The minimum absolute atomic E-state index is 0. The molecular formula is C6H13BF3KO. The van der Waals surface area contributed by atoms with Gasteiger partial charge in [0.15, 0.2) is 0 Å². The molecule has 68 valence electrons. The van der Waals surface area contributed by atoms with Crippen LogP contribution in [0.3, 0.4) is 0 Å². The molecule has 0 radical (unpaired) electrons. The summed E-state index contributed by atoms with van der Waals surface area (Å²) in [4.78, 5) is 0. The van der Waals surface area contributed by atoms with Gasteiger partial charge in [0.05, 0.1) is 5.60 Å². The van der Waals surface area contributed by atoms with Crippen molar-refractivity contribution < 1.29 is 69.1 Å². The molecule has 0 aromatic rings. The van der Waals surface area contributed by atoms with Gasteiger partial charge in [0.25, 0.3) is 0 Å². The first kappa shape index (κ1) is 15.9. The molecular weight excluding hydrogens is 195 g/mol. The fraction of sp³-hybridized carbons (Fsp3) is 1.00. The van der Waals surface area contributed by atoms with Gasteiger partial charge >= 0.3 is 58.4 Å². The summed E-state index contributed by atoms with van der Waals surface area (Å²) >= 11 is 0. The first-order valence-electron chi connectivity index (χ1n) is 3.56. The first-order valence-corrected chi connectivity index (χ1v) is 3.56. The van der Waals surface area contributed by atoms with Crippen molar-refractivity contribution in [1.29, 1.82) is 0 Å². The summed E-state index contributed by atoms with van der Waals surface area (Å²) in [5.41, 5.74) is -0.471. The molecule has 0 saturated carbocycles. The van der Waals surface area contributed by atoms with E-state index in [0.717, 1.165) is 0 Å². The summed E-state index contributed by atoms with van der Waals surface area (Å²) in [6, 6.07) is 0. The van der Waals surface area contributed by atoms with Crippen LogP contribution in [0.2, 0.25) is 6.32 Å². The summed E-state index contributed by atoms with van der Waals surface area (Å²) < 4.78 is 39.7. The number of halogens is 3. The second-order valence-corrected chi connectivity index (χ2v) is 3.46. The maximum atomic E-state index is 11.6. The van der Waals surface area contributed by atoms with Crippen LogP contribution in [-0.2, 0) is 4.74 Å². The Bertz CT molecular complexity index is 107. The van der Waals surface area contributed by atoms with Gasteiger partial charge in [-0.1, -0.05) is 6.32 Å². The molecule has 0 heterocycles. The molecule has 0 bridgehead atoms. The van der Waals surface area contributed by atoms with Crippen LogP contribution >= 0.6 is 0 Å². The second-order valence-electron chi connectivity index (χ2n) is 3.46. The van der Waals surface area contributed by atoms with Gasteiger partial charge in [-0.05, 0) is 20.8 Å². The molecule has 0 unspecified atom stereocenters. The van der Waals surface area contributed by atoms with Gasteiger partial charge in [0.1, 0.15) is 0 Å². The monoisotopic (exact) mass is 208 g/mol. The van der Waals surface area contributed by atoms with Crippen LogP contribution in [0.1, 0.15) is 20.8 Å². The van der Waals surface area contributed by atoms with E-state index < -0.39 is 18.9 Å². The normalized spacial score (nSPS) is 12.5. The maximum Gasteiger partial charge on any atom is 1.00 e. The van der Waals surface area contributed by atoms with Gasteiger partial charge in [-0.2, -0.15) is 0 Å². The van der Waals surface area contributed by atoms with Crippen molar-refractivity contribution in [2.75, 3.05) is 6.61 Å². The van der Waals surface area contributed by atoms with E-state index in [1.807, 2.05) is 0 Å². The number of hydrogen-bond donors (Lipinski definition) is 0. The second kappa shape index (κ2) is 6.03. The number of ether oxygens (including phenoxy) is 1. The Kier molecular flexibility index (Phi) is 8.00. The fourth-order valence-electron chi connectivity index (χ4n) is 0.499. The van der Waals surface area contributed by atoms with Crippen LogP contribution in [0.5, 0.6) is 0 Å². The van der Waals surface area contributed by atoms with Crippen molar-refractivity contribution in [3.05, 3.63) is 0 Å². The standard InChI is InChI=1S/C6H13BF3O.K/c1-6(2,3)11-5-4-7(8,9)10;/h4-5H2,1-3H3;/q-1;+1. The van der Waals surface area contributed by atoms with Crippen LogP contribution in [0, 0.1) is 0 Å². The van der Waals surface area contributed by atoms with Crippen LogP contribution < -0.4 is 51.4 Å². The van der Waals surface area contributed by atoms with Crippen LogP contribution in [0.25, 0.3) is 0 Å². The smallest absolute Gasteiger partial charge is 0.449 e. The van der Waals surface area contributed by atoms with Gasteiger partial charge in [-0.15, -0.1) is 0 Å². The molecule has 0 N–H and O–H groups in total. The average Bonchev–Trinajstić information content (AvgIpc) is 1.55. The maximum absolute atomic E-state index is 11.6. The molecule has 6 heteroatoms. The molecule has 1 nitrogen and oxygen atoms in total. The van der Waals surface area contributed by atoms with Crippen molar-refractivity contribution in [3.63, 3.8) is 0 Å². The molecule has 0 saturated heterocycles. The molecule has 0 spiro atoms. The minimum atomic E-state index is -4.68. The van der Waals surface area contributed by atoms with Crippen molar-refractivity contribution in [2.45, 2.75) is 32.7 Å². The SMILES string of the molecule is CC(C)(C)OCC[B-](F)(F)F.[K+]. The van der Waals surface area contributed by atoms with E-state index in [1.54, 1.807) is 20.8 Å². The zero-order valence-electron chi connectivity index (χ0n) is 8.03. The van der Waals surface area contributed by atoms with E-state index in [2.05, 4.69) is 0 Å². The van der Waals surface area contributed by atoms with Crippen molar-refractivity contribution >= 4 is 6.98 Å². The molecule has 0 aromatic carbocycles. The zero-order chi connectivity index (χ0) is 9.12. The topological polar surface area (TPSA) is 9.23 Å². The third-order valence-corrected chi connectivity index (χ3v) is 0.980. The Morgan fingerprint density at radius 2 is 1.58 bits per heavy atom. The van der Waals surface area contributed by atoms with Gasteiger partial charge in [-0.3, -0.25) is 0 Å². The van der Waals surface area contributed by atoms with Crippen molar-refractivity contribution in [2.24, 2.45) is 0 Å². The fourth-order valence-corrected chi connectivity index (χ4v) is 0.499. The molecule has 0 aromatic heterocycles. The molecule has 0 aliphatic carbocycles.